The summed E-state index contributed by atoms with van der Waals surface area (Å²) in [7, 11) is 0. The minimum Gasteiger partial charge on any atom is -0.328 e. The van der Waals surface area contributed by atoms with Crippen LogP contribution in [-0.2, 0) is 0 Å². The van der Waals surface area contributed by atoms with Crippen molar-refractivity contribution < 1.29 is 0 Å². The minimum atomic E-state index is 0.494. The molecule has 0 aromatic carbocycles. The largest absolute Gasteiger partial charge is 0.328 e. The fourth-order valence-corrected chi connectivity index (χ4v) is 9.18. The molecule has 0 heterocycles. The van der Waals surface area contributed by atoms with E-state index >= 15 is 0 Å². The van der Waals surface area contributed by atoms with E-state index in [2.05, 4.69) is 27.7 Å². The van der Waals surface area contributed by atoms with Gasteiger partial charge in [0.1, 0.15) is 0 Å². The molecule has 1 nitrogen and oxygen atoms in total. The third-order valence-electron chi connectivity index (χ3n) is 10.7. The Hall–Kier alpha value is -0.0400. The van der Waals surface area contributed by atoms with Gasteiger partial charge in [0.2, 0.25) is 0 Å². The molecule has 1 heteroatoms. The van der Waals surface area contributed by atoms with Gasteiger partial charge >= 0.3 is 0 Å². The molecule has 0 aliphatic heterocycles. The van der Waals surface area contributed by atoms with E-state index in [1.807, 2.05) is 0 Å². The SMILES string of the molecule is CCCCCC(C)C1CCC2C3CCC4CC(N)CCC4(C)C3CCC12C. The number of rotatable bonds is 5. The second kappa shape index (κ2) is 7.66. The fourth-order valence-electron chi connectivity index (χ4n) is 9.18. The summed E-state index contributed by atoms with van der Waals surface area (Å²) in [5.74, 6) is 5.96. The smallest absolute Gasteiger partial charge is 0.00418 e. The Balaban J connectivity index is 1.49. The van der Waals surface area contributed by atoms with Gasteiger partial charge in [-0.05, 0) is 104 Å². The van der Waals surface area contributed by atoms with Crippen LogP contribution < -0.4 is 5.73 Å². The quantitative estimate of drug-likeness (QED) is 0.507. The van der Waals surface area contributed by atoms with Crippen LogP contribution in [0.3, 0.4) is 0 Å². The van der Waals surface area contributed by atoms with E-state index in [1.54, 1.807) is 6.42 Å². The van der Waals surface area contributed by atoms with Crippen LogP contribution in [0.1, 0.15) is 111 Å². The van der Waals surface area contributed by atoms with Gasteiger partial charge in [-0.15, -0.1) is 0 Å². The van der Waals surface area contributed by atoms with E-state index in [0.717, 1.165) is 35.5 Å². The third kappa shape index (κ3) is 3.32. The van der Waals surface area contributed by atoms with Gasteiger partial charge in [-0.2, -0.15) is 0 Å². The maximum absolute atomic E-state index is 6.38. The van der Waals surface area contributed by atoms with Gasteiger partial charge in [-0.3, -0.25) is 0 Å². The molecule has 0 aromatic heterocycles. The van der Waals surface area contributed by atoms with Gasteiger partial charge < -0.3 is 5.73 Å². The Labute approximate surface area is 169 Å². The van der Waals surface area contributed by atoms with Crippen LogP contribution in [-0.4, -0.2) is 6.04 Å². The predicted octanol–water partition coefficient (Wildman–Crippen LogP) is 7.19. The first-order valence-electron chi connectivity index (χ1n) is 12.7. The standard InChI is InChI=1S/C26H47N/c1-5-6-7-8-18(2)22-11-12-23-21-10-9-19-17-20(27)13-15-25(19,3)24(21)14-16-26(22,23)4/h18-24H,5-17,27H2,1-4H3. The highest BCUT2D eigenvalue weighted by Crippen LogP contribution is 2.68. The average molecular weight is 374 g/mol. The molecule has 4 fully saturated rings. The molecule has 9 unspecified atom stereocenters. The number of hydrogen-bond acceptors (Lipinski definition) is 1. The predicted molar refractivity (Wildman–Crippen MR) is 116 cm³/mol. The van der Waals surface area contributed by atoms with Crippen molar-refractivity contribution >= 4 is 0 Å². The van der Waals surface area contributed by atoms with Gasteiger partial charge in [-0.25, -0.2) is 0 Å². The van der Waals surface area contributed by atoms with E-state index in [9.17, 15) is 0 Å². The van der Waals surface area contributed by atoms with Gasteiger partial charge in [0, 0.05) is 6.04 Å². The Bertz CT molecular complexity index is 514. The van der Waals surface area contributed by atoms with E-state index < -0.39 is 0 Å². The second-order valence-corrected chi connectivity index (χ2v) is 11.9. The molecule has 156 valence electrons. The molecular formula is C26H47N. The highest BCUT2D eigenvalue weighted by atomic mass is 14.7. The van der Waals surface area contributed by atoms with E-state index in [4.69, 9.17) is 5.73 Å². The lowest BCUT2D eigenvalue weighted by Gasteiger charge is -2.61. The molecule has 0 aromatic rings. The molecule has 4 aliphatic carbocycles. The van der Waals surface area contributed by atoms with Crippen LogP contribution in [0.4, 0.5) is 0 Å². The fraction of sp³-hybridized carbons (Fsp3) is 1.00. The van der Waals surface area contributed by atoms with Crippen molar-refractivity contribution in [3.05, 3.63) is 0 Å². The van der Waals surface area contributed by atoms with Crippen molar-refractivity contribution in [3.63, 3.8) is 0 Å². The van der Waals surface area contributed by atoms with Crippen molar-refractivity contribution in [1.82, 2.24) is 0 Å². The van der Waals surface area contributed by atoms with Gasteiger partial charge in [-0.1, -0.05) is 53.4 Å². The Kier molecular flexibility index (Phi) is 5.74. The number of fused-ring (bicyclic) bond motifs is 5. The summed E-state index contributed by atoms with van der Waals surface area (Å²) in [4.78, 5) is 0. The lowest BCUT2D eigenvalue weighted by molar-refractivity contribution is -0.116. The van der Waals surface area contributed by atoms with E-state index in [0.29, 0.717) is 16.9 Å². The van der Waals surface area contributed by atoms with Crippen molar-refractivity contribution in [1.29, 1.82) is 0 Å². The summed E-state index contributed by atoms with van der Waals surface area (Å²) in [6.45, 7) is 10.4. The van der Waals surface area contributed by atoms with Crippen molar-refractivity contribution in [2.24, 2.45) is 52.1 Å². The number of unbranched alkanes of at least 4 members (excludes halogenated alkanes) is 2. The van der Waals surface area contributed by atoms with Crippen molar-refractivity contribution in [2.45, 2.75) is 117 Å². The average Bonchev–Trinajstić information content (AvgIpc) is 3.00. The second-order valence-electron chi connectivity index (χ2n) is 11.9. The molecular weight excluding hydrogens is 326 g/mol. The zero-order valence-electron chi connectivity index (χ0n) is 18.8. The maximum Gasteiger partial charge on any atom is 0.00418 e. The van der Waals surface area contributed by atoms with E-state index in [1.165, 1.54) is 77.0 Å². The van der Waals surface area contributed by atoms with Crippen LogP contribution >= 0.6 is 0 Å². The summed E-state index contributed by atoms with van der Waals surface area (Å²) >= 11 is 0. The molecule has 2 N–H and O–H groups in total. The molecule has 27 heavy (non-hydrogen) atoms. The van der Waals surface area contributed by atoms with Gasteiger partial charge in [0.05, 0.1) is 0 Å². The normalized spacial score (nSPS) is 50.6. The molecule has 0 saturated heterocycles. The Morgan fingerprint density at radius 2 is 1.63 bits per heavy atom. The monoisotopic (exact) mass is 373 g/mol. The summed E-state index contributed by atoms with van der Waals surface area (Å²) in [5.41, 5.74) is 7.65. The summed E-state index contributed by atoms with van der Waals surface area (Å²) < 4.78 is 0. The molecule has 0 radical (unpaired) electrons. The van der Waals surface area contributed by atoms with Crippen molar-refractivity contribution in [2.75, 3.05) is 0 Å². The van der Waals surface area contributed by atoms with Crippen LogP contribution in [0, 0.1) is 46.3 Å². The first-order chi connectivity index (χ1) is 12.9. The Morgan fingerprint density at radius 3 is 2.41 bits per heavy atom. The maximum atomic E-state index is 6.38. The topological polar surface area (TPSA) is 26.0 Å². The van der Waals surface area contributed by atoms with Crippen LogP contribution in [0.15, 0.2) is 0 Å². The zero-order chi connectivity index (χ0) is 19.2. The molecule has 0 spiro atoms. The molecule has 4 rings (SSSR count). The van der Waals surface area contributed by atoms with E-state index in [-0.39, 0.29) is 0 Å². The van der Waals surface area contributed by atoms with Crippen molar-refractivity contribution in [3.8, 4) is 0 Å². The minimum absolute atomic E-state index is 0.494. The highest BCUT2D eigenvalue weighted by molar-refractivity contribution is 5.09. The third-order valence-corrected chi connectivity index (χ3v) is 10.7. The van der Waals surface area contributed by atoms with Crippen LogP contribution in [0.2, 0.25) is 0 Å². The molecule has 0 bridgehead atoms. The lowest BCUT2D eigenvalue weighted by atomic mass is 9.44. The van der Waals surface area contributed by atoms with Gasteiger partial charge in [0.25, 0.3) is 0 Å². The highest BCUT2D eigenvalue weighted by Gasteiger charge is 2.60. The Morgan fingerprint density at radius 1 is 0.889 bits per heavy atom. The lowest BCUT2D eigenvalue weighted by Crippen LogP contribution is -2.54. The molecule has 4 aliphatic rings. The first-order valence-corrected chi connectivity index (χ1v) is 12.7. The van der Waals surface area contributed by atoms with Crippen LogP contribution in [0.25, 0.3) is 0 Å². The molecule has 9 atom stereocenters. The summed E-state index contributed by atoms with van der Waals surface area (Å²) in [5, 5.41) is 0. The summed E-state index contributed by atoms with van der Waals surface area (Å²) in [6.07, 6.45) is 18.9. The number of nitrogens with two attached hydrogens (primary N) is 1. The van der Waals surface area contributed by atoms with Gasteiger partial charge in [0.15, 0.2) is 0 Å². The number of hydrogen-bond donors (Lipinski definition) is 1. The van der Waals surface area contributed by atoms with Crippen LogP contribution in [0.5, 0.6) is 0 Å². The molecule has 0 amide bonds. The summed E-state index contributed by atoms with van der Waals surface area (Å²) in [6, 6.07) is 0.494. The zero-order valence-corrected chi connectivity index (χ0v) is 18.8. The molecule has 4 saturated carbocycles. The first kappa shape index (κ1) is 20.2.